The number of nitrogens with zero attached hydrogens (tertiary/aromatic N) is 1. The molecule has 0 aromatic rings. The molecule has 2 nitrogen and oxygen atoms in total. The molecule has 0 aromatic carbocycles. The third-order valence-electron chi connectivity index (χ3n) is 3.89. The van der Waals surface area contributed by atoms with Gasteiger partial charge in [0, 0.05) is 42.7 Å². The highest BCUT2D eigenvalue weighted by Gasteiger charge is 2.29. The van der Waals surface area contributed by atoms with Crippen LogP contribution in [0.4, 0.5) is 0 Å². The van der Waals surface area contributed by atoms with Gasteiger partial charge in [0.25, 0.3) is 0 Å². The van der Waals surface area contributed by atoms with E-state index >= 15 is 0 Å². The van der Waals surface area contributed by atoms with Gasteiger partial charge in [0.2, 0.25) is 0 Å². The summed E-state index contributed by atoms with van der Waals surface area (Å²) < 4.78 is 0. The average Bonchev–Trinajstić information content (AvgIpc) is 2.25. The molecule has 3 unspecified atom stereocenters. The van der Waals surface area contributed by atoms with Crippen LogP contribution in [0, 0.1) is 5.41 Å². The normalized spacial score (nSPS) is 29.5. The molecule has 1 aliphatic heterocycles. The lowest BCUT2D eigenvalue weighted by molar-refractivity contribution is 0.151. The van der Waals surface area contributed by atoms with E-state index in [1.807, 2.05) is 0 Å². The minimum absolute atomic E-state index is 0.408. The molecule has 3 atom stereocenters. The fraction of sp³-hybridized carbons (Fsp3) is 1.00. The summed E-state index contributed by atoms with van der Waals surface area (Å²) in [6.45, 7) is 18.8. The maximum absolute atomic E-state index is 3.62. The van der Waals surface area contributed by atoms with Crippen molar-refractivity contribution in [2.75, 3.05) is 26.2 Å². The first-order valence-electron chi connectivity index (χ1n) is 7.46. The van der Waals surface area contributed by atoms with Crippen molar-refractivity contribution in [1.82, 2.24) is 10.2 Å². The summed E-state index contributed by atoms with van der Waals surface area (Å²) in [4.78, 5) is 2.68. The summed E-state index contributed by atoms with van der Waals surface area (Å²) in [5.74, 6) is 0. The summed E-state index contributed by atoms with van der Waals surface area (Å²) in [5, 5.41) is 5.19. The molecular formula is C15H32N2S. The van der Waals surface area contributed by atoms with E-state index in [4.69, 9.17) is 0 Å². The molecule has 108 valence electrons. The third-order valence-corrected chi connectivity index (χ3v) is 5.12. The third kappa shape index (κ3) is 5.50. The van der Waals surface area contributed by atoms with Gasteiger partial charge in [-0.15, -0.1) is 0 Å². The minimum Gasteiger partial charge on any atom is -0.314 e. The van der Waals surface area contributed by atoms with Gasteiger partial charge < -0.3 is 10.2 Å². The van der Waals surface area contributed by atoms with Crippen LogP contribution in [-0.2, 0) is 0 Å². The van der Waals surface area contributed by atoms with Crippen LogP contribution < -0.4 is 5.32 Å². The zero-order valence-electron chi connectivity index (χ0n) is 13.1. The zero-order valence-corrected chi connectivity index (χ0v) is 13.9. The van der Waals surface area contributed by atoms with Gasteiger partial charge in [-0.05, 0) is 11.8 Å². The Kier molecular flexibility index (Phi) is 6.49. The van der Waals surface area contributed by atoms with E-state index in [0.29, 0.717) is 11.5 Å². The van der Waals surface area contributed by atoms with E-state index < -0.39 is 0 Å². The molecule has 0 aliphatic carbocycles. The molecule has 1 aliphatic rings. The molecule has 0 aromatic heterocycles. The van der Waals surface area contributed by atoms with E-state index in [1.165, 1.54) is 26.1 Å². The molecule has 1 saturated heterocycles. The van der Waals surface area contributed by atoms with Crippen LogP contribution in [0.3, 0.4) is 0 Å². The van der Waals surface area contributed by atoms with Crippen molar-refractivity contribution in [1.29, 1.82) is 0 Å². The molecule has 0 radical (unpaired) electrons. The van der Waals surface area contributed by atoms with Gasteiger partial charge in [0.1, 0.15) is 0 Å². The van der Waals surface area contributed by atoms with Crippen molar-refractivity contribution in [2.24, 2.45) is 5.41 Å². The molecule has 1 heterocycles. The quantitative estimate of drug-likeness (QED) is 0.799. The lowest BCUT2D eigenvalue weighted by atomic mass is 9.86. The van der Waals surface area contributed by atoms with E-state index in [0.717, 1.165) is 17.0 Å². The SMILES string of the molecule is CCC(C)(CNC(C)C)CN1CC(C)SC(C)C1. The molecule has 0 spiro atoms. The van der Waals surface area contributed by atoms with Crippen LogP contribution in [0.5, 0.6) is 0 Å². The van der Waals surface area contributed by atoms with E-state index in [1.54, 1.807) is 0 Å². The topological polar surface area (TPSA) is 15.3 Å². The average molecular weight is 273 g/mol. The van der Waals surface area contributed by atoms with Crippen molar-refractivity contribution >= 4 is 11.8 Å². The van der Waals surface area contributed by atoms with Crippen LogP contribution in [-0.4, -0.2) is 47.6 Å². The minimum atomic E-state index is 0.408. The molecular weight excluding hydrogens is 240 g/mol. The van der Waals surface area contributed by atoms with Crippen molar-refractivity contribution in [3.63, 3.8) is 0 Å². The first kappa shape index (κ1) is 16.3. The van der Waals surface area contributed by atoms with Crippen LogP contribution in [0.2, 0.25) is 0 Å². The van der Waals surface area contributed by atoms with E-state index in [2.05, 4.69) is 63.5 Å². The monoisotopic (exact) mass is 272 g/mol. The first-order chi connectivity index (χ1) is 8.34. The molecule has 1 N–H and O–H groups in total. The molecule has 18 heavy (non-hydrogen) atoms. The van der Waals surface area contributed by atoms with Gasteiger partial charge >= 0.3 is 0 Å². The Balaban J connectivity index is 2.50. The van der Waals surface area contributed by atoms with Crippen molar-refractivity contribution in [3.05, 3.63) is 0 Å². The molecule has 1 fully saturated rings. The molecule has 0 amide bonds. The number of hydrogen-bond donors (Lipinski definition) is 1. The highest BCUT2D eigenvalue weighted by Crippen LogP contribution is 2.29. The molecule has 1 rings (SSSR count). The number of hydrogen-bond acceptors (Lipinski definition) is 3. The van der Waals surface area contributed by atoms with Crippen molar-refractivity contribution in [3.8, 4) is 0 Å². The van der Waals surface area contributed by atoms with Gasteiger partial charge in [-0.2, -0.15) is 11.8 Å². The number of thioether (sulfide) groups is 1. The Hall–Kier alpha value is 0.270. The maximum Gasteiger partial charge on any atom is 0.0149 e. The predicted molar refractivity (Wildman–Crippen MR) is 84.5 cm³/mol. The van der Waals surface area contributed by atoms with Gasteiger partial charge in [-0.25, -0.2) is 0 Å². The molecule has 3 heteroatoms. The summed E-state index contributed by atoms with van der Waals surface area (Å²) >= 11 is 2.14. The Labute approximate surface area is 118 Å². The highest BCUT2D eigenvalue weighted by atomic mass is 32.2. The number of nitrogens with one attached hydrogen (secondary N) is 1. The second-order valence-corrected chi connectivity index (χ2v) is 8.53. The van der Waals surface area contributed by atoms with E-state index in [-0.39, 0.29) is 0 Å². The second-order valence-electron chi connectivity index (χ2n) is 6.65. The Bertz CT molecular complexity index is 235. The lowest BCUT2D eigenvalue weighted by Gasteiger charge is -2.41. The van der Waals surface area contributed by atoms with Gasteiger partial charge in [-0.1, -0.05) is 41.5 Å². The van der Waals surface area contributed by atoms with E-state index in [9.17, 15) is 0 Å². The highest BCUT2D eigenvalue weighted by molar-refractivity contribution is 8.00. The fourth-order valence-corrected chi connectivity index (χ4v) is 4.08. The Morgan fingerprint density at radius 3 is 2.28 bits per heavy atom. The Morgan fingerprint density at radius 1 is 1.28 bits per heavy atom. The first-order valence-corrected chi connectivity index (χ1v) is 8.40. The summed E-state index contributed by atoms with van der Waals surface area (Å²) in [6.07, 6.45) is 1.25. The Morgan fingerprint density at radius 2 is 1.83 bits per heavy atom. The largest absolute Gasteiger partial charge is 0.314 e. The maximum atomic E-state index is 3.62. The van der Waals surface area contributed by atoms with Gasteiger partial charge in [0.05, 0.1) is 0 Å². The van der Waals surface area contributed by atoms with Crippen molar-refractivity contribution < 1.29 is 0 Å². The standard InChI is InChI=1S/C15H32N2S/c1-7-15(6,10-16-12(2)3)11-17-8-13(4)18-14(5)9-17/h12-14,16H,7-11H2,1-6H3. The van der Waals surface area contributed by atoms with Crippen molar-refractivity contribution in [2.45, 2.75) is 64.5 Å². The van der Waals surface area contributed by atoms with Gasteiger partial charge in [0.15, 0.2) is 0 Å². The second kappa shape index (κ2) is 7.16. The lowest BCUT2D eigenvalue weighted by Crippen LogP contribution is -2.48. The zero-order chi connectivity index (χ0) is 13.8. The van der Waals surface area contributed by atoms with Crippen LogP contribution in [0.15, 0.2) is 0 Å². The summed E-state index contributed by atoms with van der Waals surface area (Å²) in [5.41, 5.74) is 0.408. The van der Waals surface area contributed by atoms with Crippen LogP contribution in [0.1, 0.15) is 48.0 Å². The summed E-state index contributed by atoms with van der Waals surface area (Å²) in [7, 11) is 0. The van der Waals surface area contributed by atoms with Gasteiger partial charge in [-0.3, -0.25) is 0 Å². The number of rotatable bonds is 6. The predicted octanol–water partition coefficient (Wildman–Crippen LogP) is 3.23. The smallest absolute Gasteiger partial charge is 0.0149 e. The van der Waals surface area contributed by atoms with Crippen LogP contribution >= 0.6 is 11.8 Å². The fourth-order valence-electron chi connectivity index (χ4n) is 2.70. The van der Waals surface area contributed by atoms with Crippen LogP contribution in [0.25, 0.3) is 0 Å². The molecule has 0 saturated carbocycles. The molecule has 0 bridgehead atoms. The summed E-state index contributed by atoms with van der Waals surface area (Å²) in [6, 6.07) is 0.589.